The van der Waals surface area contributed by atoms with Gasteiger partial charge in [-0.2, -0.15) is 0 Å². The maximum Gasteiger partial charge on any atom is 0.227 e. The molecule has 3 atom stereocenters. The summed E-state index contributed by atoms with van der Waals surface area (Å²) in [6, 6.07) is 4.35. The first-order chi connectivity index (χ1) is 13.0. The van der Waals surface area contributed by atoms with Gasteiger partial charge in [0, 0.05) is 35.2 Å². The Morgan fingerprint density at radius 1 is 1.26 bits per heavy atom. The van der Waals surface area contributed by atoms with Crippen molar-refractivity contribution >= 4 is 17.4 Å². The molecule has 27 heavy (non-hydrogen) atoms. The standard InChI is InChI=1S/C22H28N2O3/c1-4-10-24-14(5-2)12-27-21-18-11-17(16-7-6-13(3)23-22(16)26)20(25)15(18)8-9-19(21)24/h8-9,14,16-17H,3-7,10-12H2,1-2H3,(H,23,26)/t14?,16-,17?/m1/s1. The van der Waals surface area contributed by atoms with Gasteiger partial charge < -0.3 is 15.0 Å². The molecule has 1 amide bonds. The summed E-state index contributed by atoms with van der Waals surface area (Å²) in [4.78, 5) is 27.9. The topological polar surface area (TPSA) is 58.6 Å². The van der Waals surface area contributed by atoms with E-state index in [-0.39, 0.29) is 23.5 Å². The molecule has 144 valence electrons. The van der Waals surface area contributed by atoms with E-state index in [1.165, 1.54) is 0 Å². The molecule has 0 spiro atoms. The fourth-order valence-electron chi connectivity index (χ4n) is 4.80. The van der Waals surface area contributed by atoms with Crippen LogP contribution in [0.3, 0.4) is 0 Å². The van der Waals surface area contributed by atoms with Crippen LogP contribution in [0.15, 0.2) is 24.4 Å². The lowest BCUT2D eigenvalue weighted by Crippen LogP contribution is -2.43. The number of rotatable bonds is 4. The highest BCUT2D eigenvalue weighted by Gasteiger charge is 2.43. The number of Topliss-reactive ketones (excluding diaryl/α,β-unsaturated/α-hetero) is 1. The van der Waals surface area contributed by atoms with Crippen molar-refractivity contribution in [2.75, 3.05) is 18.1 Å². The molecule has 1 N–H and O–H groups in total. The average Bonchev–Trinajstić information content (AvgIpc) is 2.99. The van der Waals surface area contributed by atoms with Gasteiger partial charge in [-0.1, -0.05) is 20.4 Å². The van der Waals surface area contributed by atoms with Gasteiger partial charge in [0.15, 0.2) is 5.78 Å². The van der Waals surface area contributed by atoms with Crippen molar-refractivity contribution in [3.63, 3.8) is 0 Å². The average molecular weight is 368 g/mol. The Hall–Kier alpha value is -2.30. The summed E-state index contributed by atoms with van der Waals surface area (Å²) in [7, 11) is 0. The molecule has 1 aromatic carbocycles. The van der Waals surface area contributed by atoms with Crippen molar-refractivity contribution in [1.82, 2.24) is 5.32 Å². The highest BCUT2D eigenvalue weighted by Crippen LogP contribution is 2.46. The molecular formula is C22H28N2O3. The summed E-state index contributed by atoms with van der Waals surface area (Å²) in [5.74, 6) is 0.327. The first kappa shape index (κ1) is 18.1. The lowest BCUT2D eigenvalue weighted by Gasteiger charge is -2.39. The number of hydrogen-bond acceptors (Lipinski definition) is 4. The maximum absolute atomic E-state index is 13.1. The lowest BCUT2D eigenvalue weighted by atomic mass is 9.82. The van der Waals surface area contributed by atoms with Gasteiger partial charge in [-0.05, 0) is 44.2 Å². The van der Waals surface area contributed by atoms with Crippen molar-refractivity contribution < 1.29 is 14.3 Å². The second kappa shape index (κ2) is 7.02. The number of allylic oxidation sites excluding steroid dienone is 1. The number of fused-ring (bicyclic) bond motifs is 3. The minimum absolute atomic E-state index is 0.0640. The fourth-order valence-corrected chi connectivity index (χ4v) is 4.80. The minimum Gasteiger partial charge on any atom is -0.489 e. The van der Waals surface area contributed by atoms with Crippen LogP contribution in [0.25, 0.3) is 0 Å². The summed E-state index contributed by atoms with van der Waals surface area (Å²) >= 11 is 0. The summed E-state index contributed by atoms with van der Waals surface area (Å²) in [5.41, 5.74) is 3.59. The molecule has 5 heteroatoms. The molecule has 1 saturated heterocycles. The van der Waals surface area contributed by atoms with E-state index in [0.717, 1.165) is 54.1 Å². The summed E-state index contributed by atoms with van der Waals surface area (Å²) in [5, 5.41) is 2.83. The Bertz CT molecular complexity index is 801. The van der Waals surface area contributed by atoms with Gasteiger partial charge in [-0.25, -0.2) is 0 Å². The fraction of sp³-hybridized carbons (Fsp3) is 0.545. The summed E-state index contributed by atoms with van der Waals surface area (Å²) in [6.07, 6.45) is 4.13. The summed E-state index contributed by atoms with van der Waals surface area (Å²) in [6.45, 7) is 9.85. The summed E-state index contributed by atoms with van der Waals surface area (Å²) < 4.78 is 6.17. The second-order valence-electron chi connectivity index (χ2n) is 7.92. The molecule has 0 aromatic heterocycles. The largest absolute Gasteiger partial charge is 0.489 e. The number of carbonyl (C=O) groups is 2. The molecule has 5 nitrogen and oxygen atoms in total. The third-order valence-corrected chi connectivity index (χ3v) is 6.25. The number of ketones is 1. The zero-order chi connectivity index (χ0) is 19.1. The van der Waals surface area contributed by atoms with Crippen LogP contribution in [0.1, 0.15) is 55.5 Å². The molecular weight excluding hydrogens is 340 g/mol. The Morgan fingerprint density at radius 2 is 2.07 bits per heavy atom. The van der Waals surface area contributed by atoms with Crippen molar-refractivity contribution in [2.45, 2.75) is 52.0 Å². The number of ether oxygens (including phenoxy) is 1. The number of carbonyl (C=O) groups excluding carboxylic acids is 2. The third-order valence-electron chi connectivity index (χ3n) is 6.25. The predicted octanol–water partition coefficient (Wildman–Crippen LogP) is 3.47. The quantitative estimate of drug-likeness (QED) is 0.884. The second-order valence-corrected chi connectivity index (χ2v) is 7.92. The molecule has 2 unspecified atom stereocenters. The predicted molar refractivity (Wildman–Crippen MR) is 105 cm³/mol. The van der Waals surface area contributed by atoms with Gasteiger partial charge in [0.1, 0.15) is 12.4 Å². The number of benzene rings is 1. The number of piperidine rings is 1. The molecule has 2 aliphatic heterocycles. The van der Waals surface area contributed by atoms with Crippen molar-refractivity contribution in [1.29, 1.82) is 0 Å². The molecule has 1 aromatic rings. The van der Waals surface area contributed by atoms with E-state index in [2.05, 4.69) is 30.6 Å². The van der Waals surface area contributed by atoms with Gasteiger partial charge in [0.05, 0.1) is 11.7 Å². The smallest absolute Gasteiger partial charge is 0.227 e. The number of nitrogens with one attached hydrogen (secondary N) is 1. The van der Waals surface area contributed by atoms with Gasteiger partial charge in [-0.3, -0.25) is 9.59 Å². The number of hydrogen-bond donors (Lipinski definition) is 1. The van der Waals surface area contributed by atoms with E-state index in [9.17, 15) is 9.59 Å². The molecule has 1 aliphatic carbocycles. The Labute approximate surface area is 160 Å². The molecule has 0 bridgehead atoms. The van der Waals surface area contributed by atoms with Crippen LogP contribution in [-0.2, 0) is 11.2 Å². The molecule has 3 aliphatic rings. The minimum atomic E-state index is -0.285. The molecule has 2 heterocycles. The van der Waals surface area contributed by atoms with Crippen LogP contribution in [-0.4, -0.2) is 30.9 Å². The zero-order valence-corrected chi connectivity index (χ0v) is 16.2. The van der Waals surface area contributed by atoms with E-state index < -0.39 is 0 Å². The number of amides is 1. The van der Waals surface area contributed by atoms with E-state index in [1.807, 2.05) is 12.1 Å². The first-order valence-corrected chi connectivity index (χ1v) is 10.1. The van der Waals surface area contributed by atoms with Gasteiger partial charge in [0.2, 0.25) is 5.91 Å². The van der Waals surface area contributed by atoms with E-state index >= 15 is 0 Å². The molecule has 1 fully saturated rings. The van der Waals surface area contributed by atoms with Gasteiger partial charge in [-0.15, -0.1) is 0 Å². The van der Waals surface area contributed by atoms with E-state index in [1.54, 1.807) is 0 Å². The first-order valence-electron chi connectivity index (χ1n) is 10.1. The van der Waals surface area contributed by atoms with Crippen LogP contribution in [0, 0.1) is 11.8 Å². The normalized spacial score (nSPS) is 27.1. The lowest BCUT2D eigenvalue weighted by molar-refractivity contribution is -0.126. The van der Waals surface area contributed by atoms with Crippen molar-refractivity contribution in [3.05, 3.63) is 35.5 Å². The molecule has 4 rings (SSSR count). The van der Waals surface area contributed by atoms with E-state index in [0.29, 0.717) is 25.5 Å². The molecule has 0 saturated carbocycles. The van der Waals surface area contributed by atoms with Gasteiger partial charge in [0.25, 0.3) is 0 Å². The Balaban J connectivity index is 1.66. The highest BCUT2D eigenvalue weighted by molar-refractivity contribution is 6.06. The maximum atomic E-state index is 13.1. The Kier molecular flexibility index (Phi) is 4.70. The van der Waals surface area contributed by atoms with Crippen LogP contribution < -0.4 is 15.0 Å². The van der Waals surface area contributed by atoms with Crippen LogP contribution in [0.2, 0.25) is 0 Å². The van der Waals surface area contributed by atoms with Gasteiger partial charge >= 0.3 is 0 Å². The zero-order valence-electron chi connectivity index (χ0n) is 16.2. The van der Waals surface area contributed by atoms with Crippen LogP contribution in [0.4, 0.5) is 5.69 Å². The monoisotopic (exact) mass is 368 g/mol. The molecule has 0 radical (unpaired) electrons. The van der Waals surface area contributed by atoms with Crippen molar-refractivity contribution in [2.24, 2.45) is 11.8 Å². The van der Waals surface area contributed by atoms with E-state index in [4.69, 9.17) is 4.74 Å². The van der Waals surface area contributed by atoms with Crippen molar-refractivity contribution in [3.8, 4) is 5.75 Å². The van der Waals surface area contributed by atoms with Crippen LogP contribution >= 0.6 is 0 Å². The Morgan fingerprint density at radius 3 is 2.78 bits per heavy atom. The number of nitrogens with zero attached hydrogens (tertiary/aromatic N) is 1. The third kappa shape index (κ3) is 2.93. The number of anilines is 1. The SMILES string of the molecule is C=C1CC[C@H](C2Cc3c(ccc4c3OCC(CC)N4CCC)C2=O)C(=O)N1. The van der Waals surface area contributed by atoms with Crippen LogP contribution in [0.5, 0.6) is 5.75 Å². The highest BCUT2D eigenvalue weighted by atomic mass is 16.5.